The number of piperidine rings is 1. The molecule has 2 aromatic rings. The largest absolute Gasteiger partial charge is 0.339 e. The molecule has 3 rings (SSSR count). The number of hydrogen-bond acceptors (Lipinski definition) is 3. The number of benzene rings is 2. The highest BCUT2D eigenvalue weighted by molar-refractivity contribution is 7.98. The highest BCUT2D eigenvalue weighted by Crippen LogP contribution is 2.29. The summed E-state index contributed by atoms with van der Waals surface area (Å²) in [5.74, 6) is 0.840. The number of amides is 1. The predicted octanol–water partition coefficient (Wildman–Crippen LogP) is 5.27. The summed E-state index contributed by atoms with van der Waals surface area (Å²) >= 11 is 13.7. The van der Waals surface area contributed by atoms with E-state index in [0.29, 0.717) is 10.0 Å². The van der Waals surface area contributed by atoms with Gasteiger partial charge in [-0.25, -0.2) is 0 Å². The zero-order chi connectivity index (χ0) is 17.8. The van der Waals surface area contributed by atoms with Crippen LogP contribution >= 0.6 is 47.4 Å². The summed E-state index contributed by atoms with van der Waals surface area (Å²) in [5.41, 5.74) is 7.75. The topological polar surface area (TPSA) is 46.3 Å². The van der Waals surface area contributed by atoms with Crippen molar-refractivity contribution in [2.75, 3.05) is 13.1 Å². The first-order valence-corrected chi connectivity index (χ1v) is 9.98. The summed E-state index contributed by atoms with van der Waals surface area (Å²) in [4.78, 5) is 15.6. The van der Waals surface area contributed by atoms with E-state index in [1.807, 2.05) is 41.3 Å². The summed E-state index contributed by atoms with van der Waals surface area (Å²) in [6.07, 6.45) is 1.74. The maximum atomic E-state index is 12.7. The van der Waals surface area contributed by atoms with Gasteiger partial charge in [-0.3, -0.25) is 4.79 Å². The standard InChI is InChI=1S/C19H20Cl2N2OS.ClH/c20-15-9-16(21)11-18(10-15)25-12-13-2-1-3-14(8-13)19(24)23-6-4-17(22)5-7-23;/h1-3,8-11,17H,4-7,12,22H2;1H. The quantitative estimate of drug-likeness (QED) is 0.671. The third-order valence-corrected chi connectivity index (χ3v) is 5.73. The molecule has 140 valence electrons. The summed E-state index contributed by atoms with van der Waals surface area (Å²) in [7, 11) is 0. The Bertz CT molecular complexity index is 744. The van der Waals surface area contributed by atoms with E-state index in [0.717, 1.165) is 47.7 Å². The van der Waals surface area contributed by atoms with Gasteiger partial charge in [-0.2, -0.15) is 0 Å². The fraction of sp³-hybridized carbons (Fsp3) is 0.316. The molecule has 1 aliphatic heterocycles. The molecule has 0 radical (unpaired) electrons. The number of hydrogen-bond donors (Lipinski definition) is 1. The molecule has 26 heavy (non-hydrogen) atoms. The van der Waals surface area contributed by atoms with E-state index in [-0.39, 0.29) is 24.4 Å². The van der Waals surface area contributed by atoms with Crippen molar-refractivity contribution in [1.82, 2.24) is 4.90 Å². The van der Waals surface area contributed by atoms with Crippen molar-refractivity contribution in [3.63, 3.8) is 0 Å². The molecule has 2 N–H and O–H groups in total. The van der Waals surface area contributed by atoms with Crippen molar-refractivity contribution in [3.05, 3.63) is 63.6 Å². The van der Waals surface area contributed by atoms with E-state index < -0.39 is 0 Å². The monoisotopic (exact) mass is 430 g/mol. The predicted molar refractivity (Wildman–Crippen MR) is 113 cm³/mol. The fourth-order valence-electron chi connectivity index (χ4n) is 2.86. The van der Waals surface area contributed by atoms with Crippen LogP contribution in [0, 0.1) is 0 Å². The lowest BCUT2D eigenvalue weighted by Gasteiger charge is -2.30. The Morgan fingerprint density at radius 2 is 1.77 bits per heavy atom. The van der Waals surface area contributed by atoms with Crippen LogP contribution in [0.3, 0.4) is 0 Å². The Balaban J connectivity index is 0.00000243. The average molecular weight is 432 g/mol. The molecule has 3 nitrogen and oxygen atoms in total. The van der Waals surface area contributed by atoms with E-state index >= 15 is 0 Å². The lowest BCUT2D eigenvalue weighted by Crippen LogP contribution is -2.42. The third-order valence-electron chi connectivity index (χ3n) is 4.24. The number of thioether (sulfide) groups is 1. The molecule has 7 heteroatoms. The Hall–Kier alpha value is -0.910. The maximum absolute atomic E-state index is 12.7. The maximum Gasteiger partial charge on any atom is 0.253 e. The van der Waals surface area contributed by atoms with Crippen LogP contribution in [-0.4, -0.2) is 29.9 Å². The first-order chi connectivity index (χ1) is 12.0. The molecule has 0 spiro atoms. The number of rotatable bonds is 4. The van der Waals surface area contributed by atoms with Gasteiger partial charge in [0, 0.05) is 45.4 Å². The summed E-state index contributed by atoms with van der Waals surface area (Å²) < 4.78 is 0. The highest BCUT2D eigenvalue weighted by atomic mass is 35.5. The molecule has 1 heterocycles. The number of carbonyl (C=O) groups is 1. The van der Waals surface area contributed by atoms with Crippen LogP contribution in [0.1, 0.15) is 28.8 Å². The Labute approximate surface area is 174 Å². The molecule has 0 aliphatic carbocycles. The van der Waals surface area contributed by atoms with Crippen molar-refractivity contribution < 1.29 is 4.79 Å². The van der Waals surface area contributed by atoms with Crippen molar-refractivity contribution >= 4 is 53.3 Å². The molecule has 0 atom stereocenters. The average Bonchev–Trinajstić information content (AvgIpc) is 2.59. The third kappa shape index (κ3) is 5.80. The van der Waals surface area contributed by atoms with Crippen LogP contribution in [0.25, 0.3) is 0 Å². The van der Waals surface area contributed by atoms with Crippen LogP contribution < -0.4 is 5.73 Å². The normalized spacial score (nSPS) is 14.8. The molecule has 1 amide bonds. The number of carbonyl (C=O) groups excluding carboxylic acids is 1. The summed E-state index contributed by atoms with van der Waals surface area (Å²) in [6.45, 7) is 1.47. The van der Waals surface area contributed by atoms with Crippen molar-refractivity contribution in [1.29, 1.82) is 0 Å². The van der Waals surface area contributed by atoms with E-state index in [1.165, 1.54) is 0 Å². The lowest BCUT2D eigenvalue weighted by atomic mass is 10.0. The van der Waals surface area contributed by atoms with E-state index in [4.69, 9.17) is 28.9 Å². The second-order valence-corrected chi connectivity index (χ2v) is 8.15. The molecule has 0 unspecified atom stereocenters. The second kappa shape index (κ2) is 9.86. The van der Waals surface area contributed by atoms with Gasteiger partial charge in [0.1, 0.15) is 0 Å². The summed E-state index contributed by atoms with van der Waals surface area (Å²) in [6, 6.07) is 13.5. The van der Waals surface area contributed by atoms with Crippen LogP contribution in [0.15, 0.2) is 47.4 Å². The van der Waals surface area contributed by atoms with Crippen molar-refractivity contribution in [3.8, 4) is 0 Å². The smallest absolute Gasteiger partial charge is 0.253 e. The lowest BCUT2D eigenvalue weighted by molar-refractivity contribution is 0.0714. The van der Waals surface area contributed by atoms with E-state index in [2.05, 4.69) is 0 Å². The van der Waals surface area contributed by atoms with Gasteiger partial charge in [0.25, 0.3) is 5.91 Å². The fourth-order valence-corrected chi connectivity index (χ4v) is 4.45. The van der Waals surface area contributed by atoms with Gasteiger partial charge in [-0.05, 0) is 48.7 Å². The number of nitrogens with two attached hydrogens (primary N) is 1. The van der Waals surface area contributed by atoms with Crippen molar-refractivity contribution in [2.45, 2.75) is 29.5 Å². The molecule has 0 bridgehead atoms. The minimum absolute atomic E-state index is 0. The minimum Gasteiger partial charge on any atom is -0.339 e. The SMILES string of the molecule is Cl.NC1CCN(C(=O)c2cccc(CSc3cc(Cl)cc(Cl)c3)c2)CC1. The highest BCUT2D eigenvalue weighted by Gasteiger charge is 2.21. The molecule has 1 aliphatic rings. The minimum atomic E-state index is 0. The molecular weight excluding hydrogens is 411 g/mol. The van der Waals surface area contributed by atoms with Crippen molar-refractivity contribution in [2.24, 2.45) is 5.73 Å². The van der Waals surface area contributed by atoms with Gasteiger partial charge in [0.05, 0.1) is 0 Å². The zero-order valence-corrected chi connectivity index (χ0v) is 17.3. The van der Waals surface area contributed by atoms with Gasteiger partial charge >= 0.3 is 0 Å². The number of halogens is 3. The van der Waals surface area contributed by atoms with Crippen LogP contribution in [-0.2, 0) is 5.75 Å². The Morgan fingerprint density at radius 3 is 2.42 bits per heavy atom. The number of nitrogens with zero attached hydrogens (tertiary/aromatic N) is 1. The Morgan fingerprint density at radius 1 is 1.12 bits per heavy atom. The molecular formula is C19H21Cl3N2OS. The van der Waals surface area contributed by atoms with Crippen LogP contribution in [0.4, 0.5) is 0 Å². The second-order valence-electron chi connectivity index (χ2n) is 6.22. The molecule has 2 aromatic carbocycles. The van der Waals surface area contributed by atoms with Gasteiger partial charge < -0.3 is 10.6 Å². The van der Waals surface area contributed by atoms with Gasteiger partial charge in [0.15, 0.2) is 0 Å². The molecule has 1 saturated heterocycles. The van der Waals surface area contributed by atoms with E-state index in [9.17, 15) is 4.79 Å². The molecule has 0 aromatic heterocycles. The first kappa shape index (κ1) is 21.4. The van der Waals surface area contributed by atoms with Gasteiger partial charge in [-0.1, -0.05) is 35.3 Å². The Kier molecular flexibility index (Phi) is 8.11. The first-order valence-electron chi connectivity index (χ1n) is 8.24. The zero-order valence-electron chi connectivity index (χ0n) is 14.2. The number of likely N-dealkylation sites (tertiary alicyclic amines) is 1. The van der Waals surface area contributed by atoms with E-state index in [1.54, 1.807) is 17.8 Å². The van der Waals surface area contributed by atoms with Crippen LogP contribution in [0.5, 0.6) is 0 Å². The molecule has 1 fully saturated rings. The summed E-state index contributed by atoms with van der Waals surface area (Å²) in [5, 5.41) is 1.25. The van der Waals surface area contributed by atoms with Gasteiger partial charge in [0.2, 0.25) is 0 Å². The van der Waals surface area contributed by atoms with Crippen LogP contribution in [0.2, 0.25) is 10.0 Å². The molecule has 0 saturated carbocycles. The van der Waals surface area contributed by atoms with Gasteiger partial charge in [-0.15, -0.1) is 24.2 Å².